The summed E-state index contributed by atoms with van der Waals surface area (Å²) in [6.07, 6.45) is 0. The second-order valence-electron chi connectivity index (χ2n) is 5.28. The van der Waals surface area contributed by atoms with Crippen molar-refractivity contribution in [3.05, 3.63) is 89.5 Å². The topological polar surface area (TPSA) is 74.6 Å². The van der Waals surface area contributed by atoms with E-state index in [1.165, 1.54) is 12.1 Å². The summed E-state index contributed by atoms with van der Waals surface area (Å²) >= 11 is 0. The Kier molecular flexibility index (Phi) is 4.12. The Labute approximate surface area is 138 Å². The molecule has 4 heteroatoms. The summed E-state index contributed by atoms with van der Waals surface area (Å²) < 4.78 is 0. The largest absolute Gasteiger partial charge is 0.507 e. The zero-order chi connectivity index (χ0) is 17.1. The van der Waals surface area contributed by atoms with Crippen molar-refractivity contribution in [3.63, 3.8) is 0 Å². The smallest absolute Gasteiger partial charge is 0.339 e. The van der Waals surface area contributed by atoms with Crippen LogP contribution < -0.4 is 0 Å². The molecule has 0 aliphatic carbocycles. The van der Waals surface area contributed by atoms with Crippen molar-refractivity contribution in [2.75, 3.05) is 0 Å². The molecule has 0 heterocycles. The van der Waals surface area contributed by atoms with Gasteiger partial charge in [-0.15, -0.1) is 0 Å². The van der Waals surface area contributed by atoms with Crippen LogP contribution >= 0.6 is 0 Å². The molecule has 0 unspecified atom stereocenters. The molecule has 0 aromatic heterocycles. The first kappa shape index (κ1) is 15.5. The fourth-order valence-electron chi connectivity index (χ4n) is 2.55. The van der Waals surface area contributed by atoms with Crippen molar-refractivity contribution < 1.29 is 19.8 Å². The van der Waals surface area contributed by atoms with E-state index in [1.54, 1.807) is 42.5 Å². The molecule has 0 bridgehead atoms. The third-order valence-electron chi connectivity index (χ3n) is 3.73. The van der Waals surface area contributed by atoms with E-state index in [-0.39, 0.29) is 22.7 Å². The van der Waals surface area contributed by atoms with Crippen LogP contribution in [0.5, 0.6) is 5.75 Å². The van der Waals surface area contributed by atoms with Crippen molar-refractivity contribution in [3.8, 4) is 16.9 Å². The van der Waals surface area contributed by atoms with Gasteiger partial charge in [0.25, 0.3) is 0 Å². The SMILES string of the molecule is O=C(O)c1cc(C(=O)c2ccccc2)c(-c2ccccc2)cc1O. The molecule has 4 nitrogen and oxygen atoms in total. The van der Waals surface area contributed by atoms with Crippen LogP contribution in [-0.2, 0) is 0 Å². The average molecular weight is 318 g/mol. The first-order valence-electron chi connectivity index (χ1n) is 7.33. The van der Waals surface area contributed by atoms with Crippen LogP contribution in [0.1, 0.15) is 26.3 Å². The van der Waals surface area contributed by atoms with Gasteiger partial charge in [0.2, 0.25) is 0 Å². The Morgan fingerprint density at radius 2 is 1.33 bits per heavy atom. The number of hydrogen-bond donors (Lipinski definition) is 2. The van der Waals surface area contributed by atoms with Crippen LogP contribution in [0, 0.1) is 0 Å². The number of aromatic hydroxyl groups is 1. The monoisotopic (exact) mass is 318 g/mol. The average Bonchev–Trinajstić information content (AvgIpc) is 2.62. The van der Waals surface area contributed by atoms with Gasteiger partial charge in [-0.05, 0) is 23.3 Å². The van der Waals surface area contributed by atoms with Gasteiger partial charge in [0.15, 0.2) is 5.78 Å². The molecule has 0 radical (unpaired) electrons. The molecule has 0 aliphatic rings. The summed E-state index contributed by atoms with van der Waals surface area (Å²) in [5.41, 5.74) is 1.62. The molecule has 24 heavy (non-hydrogen) atoms. The lowest BCUT2D eigenvalue weighted by Crippen LogP contribution is -2.07. The highest BCUT2D eigenvalue weighted by Gasteiger charge is 2.20. The van der Waals surface area contributed by atoms with E-state index < -0.39 is 5.97 Å². The lowest BCUT2D eigenvalue weighted by atomic mass is 9.91. The maximum Gasteiger partial charge on any atom is 0.339 e. The van der Waals surface area contributed by atoms with Gasteiger partial charge in [0, 0.05) is 11.1 Å². The quantitative estimate of drug-likeness (QED) is 0.713. The normalized spacial score (nSPS) is 10.3. The Morgan fingerprint density at radius 3 is 1.92 bits per heavy atom. The minimum Gasteiger partial charge on any atom is -0.507 e. The van der Waals surface area contributed by atoms with E-state index in [2.05, 4.69) is 0 Å². The number of ketones is 1. The Morgan fingerprint density at radius 1 is 0.750 bits per heavy atom. The molecule has 0 spiro atoms. The molecule has 0 amide bonds. The molecule has 3 aromatic rings. The van der Waals surface area contributed by atoms with Crippen LogP contribution in [0.2, 0.25) is 0 Å². The summed E-state index contributed by atoms with van der Waals surface area (Å²) in [5.74, 6) is -1.95. The number of carbonyl (C=O) groups is 2. The molecule has 0 atom stereocenters. The van der Waals surface area contributed by atoms with Crippen LogP contribution in [0.4, 0.5) is 0 Å². The summed E-state index contributed by atoms with van der Waals surface area (Å²) in [6.45, 7) is 0. The van der Waals surface area contributed by atoms with Crippen LogP contribution in [0.15, 0.2) is 72.8 Å². The number of carbonyl (C=O) groups excluding carboxylic acids is 1. The number of carboxylic acid groups (broad SMARTS) is 1. The van der Waals surface area contributed by atoms with Crippen molar-refractivity contribution in [1.29, 1.82) is 0 Å². The van der Waals surface area contributed by atoms with Crippen LogP contribution in [0.3, 0.4) is 0 Å². The second-order valence-corrected chi connectivity index (χ2v) is 5.28. The molecule has 0 saturated carbocycles. The molecule has 0 saturated heterocycles. The van der Waals surface area contributed by atoms with Gasteiger partial charge in [0.05, 0.1) is 0 Å². The lowest BCUT2D eigenvalue weighted by Gasteiger charge is -2.12. The number of carboxylic acids is 1. The van der Waals surface area contributed by atoms with Crippen molar-refractivity contribution in [2.24, 2.45) is 0 Å². The van der Waals surface area contributed by atoms with E-state index in [0.717, 1.165) is 5.56 Å². The highest BCUT2D eigenvalue weighted by molar-refractivity contribution is 6.14. The van der Waals surface area contributed by atoms with Crippen molar-refractivity contribution in [1.82, 2.24) is 0 Å². The zero-order valence-electron chi connectivity index (χ0n) is 12.6. The van der Waals surface area contributed by atoms with E-state index in [9.17, 15) is 19.8 Å². The lowest BCUT2D eigenvalue weighted by molar-refractivity contribution is 0.0693. The minimum atomic E-state index is -1.28. The number of benzene rings is 3. The predicted octanol–water partition coefficient (Wildman–Crippen LogP) is 3.99. The third-order valence-corrected chi connectivity index (χ3v) is 3.73. The maximum absolute atomic E-state index is 12.9. The molecule has 0 aliphatic heterocycles. The highest BCUT2D eigenvalue weighted by atomic mass is 16.4. The fraction of sp³-hybridized carbons (Fsp3) is 0. The van der Waals surface area contributed by atoms with E-state index in [1.807, 2.05) is 18.2 Å². The summed E-state index contributed by atoms with van der Waals surface area (Å²) in [6, 6.07) is 20.3. The predicted molar refractivity (Wildman–Crippen MR) is 90.4 cm³/mol. The van der Waals surface area contributed by atoms with E-state index in [0.29, 0.717) is 11.1 Å². The van der Waals surface area contributed by atoms with Gasteiger partial charge in [-0.1, -0.05) is 60.7 Å². The van der Waals surface area contributed by atoms with Gasteiger partial charge in [0.1, 0.15) is 11.3 Å². The van der Waals surface area contributed by atoms with Gasteiger partial charge in [-0.2, -0.15) is 0 Å². The summed E-state index contributed by atoms with van der Waals surface area (Å²) in [4.78, 5) is 24.2. The molecule has 2 N–H and O–H groups in total. The highest BCUT2D eigenvalue weighted by Crippen LogP contribution is 2.32. The molecular weight excluding hydrogens is 304 g/mol. The Bertz CT molecular complexity index is 900. The molecule has 118 valence electrons. The number of rotatable bonds is 4. The summed E-state index contributed by atoms with van der Waals surface area (Å²) in [7, 11) is 0. The molecule has 3 aromatic carbocycles. The summed E-state index contributed by atoms with van der Waals surface area (Å²) in [5, 5.41) is 19.2. The van der Waals surface area contributed by atoms with Gasteiger partial charge >= 0.3 is 5.97 Å². The third kappa shape index (κ3) is 2.90. The minimum absolute atomic E-state index is 0.239. The van der Waals surface area contributed by atoms with Crippen molar-refractivity contribution >= 4 is 11.8 Å². The zero-order valence-corrected chi connectivity index (χ0v) is 12.6. The molecular formula is C20H14O4. The second kappa shape index (κ2) is 6.38. The Balaban J connectivity index is 2.24. The van der Waals surface area contributed by atoms with Crippen LogP contribution in [-0.4, -0.2) is 22.0 Å². The van der Waals surface area contributed by atoms with E-state index >= 15 is 0 Å². The van der Waals surface area contributed by atoms with Crippen molar-refractivity contribution in [2.45, 2.75) is 0 Å². The standard InChI is InChI=1S/C20H14O4/c21-18-12-15(13-7-3-1-4-8-13)16(11-17(18)20(23)24)19(22)14-9-5-2-6-10-14/h1-12,21H,(H,23,24). The molecule has 3 rings (SSSR count). The van der Waals surface area contributed by atoms with Crippen LogP contribution in [0.25, 0.3) is 11.1 Å². The molecule has 0 fully saturated rings. The van der Waals surface area contributed by atoms with Gasteiger partial charge in [-0.25, -0.2) is 4.79 Å². The maximum atomic E-state index is 12.9. The fourth-order valence-corrected chi connectivity index (χ4v) is 2.55. The van der Waals surface area contributed by atoms with E-state index in [4.69, 9.17) is 0 Å². The number of hydrogen-bond acceptors (Lipinski definition) is 3. The number of aromatic carboxylic acids is 1. The number of phenols is 1. The van der Waals surface area contributed by atoms with Gasteiger partial charge in [-0.3, -0.25) is 4.79 Å². The first-order chi connectivity index (χ1) is 11.6. The Hall–Kier alpha value is -3.40. The van der Waals surface area contributed by atoms with Gasteiger partial charge < -0.3 is 10.2 Å². The first-order valence-corrected chi connectivity index (χ1v) is 7.33.